The number of carbonyl (C=O) groups is 1. The molecule has 1 aliphatic rings. The van der Waals surface area contributed by atoms with E-state index >= 15 is 0 Å². The van der Waals surface area contributed by atoms with Crippen LogP contribution in [-0.2, 0) is 6.18 Å². The zero-order valence-electron chi connectivity index (χ0n) is 11.8. The first kappa shape index (κ1) is 17.2. The molecule has 1 aliphatic heterocycles. The predicted molar refractivity (Wildman–Crippen MR) is 72.8 cm³/mol. The first-order chi connectivity index (χ1) is 10.7. The average molecular weight is 333 g/mol. The monoisotopic (exact) mass is 333 g/mol. The van der Waals surface area contributed by atoms with E-state index in [4.69, 9.17) is 0 Å². The van der Waals surface area contributed by atoms with E-state index in [1.807, 2.05) is 0 Å². The Kier molecular flexibility index (Phi) is 4.85. The Balaban J connectivity index is 2.17. The number of carbonyl (C=O) groups excluding carboxylic acids is 1. The van der Waals surface area contributed by atoms with E-state index in [9.17, 15) is 33.2 Å². The molecule has 0 radical (unpaired) electrons. The number of rotatable bonds is 4. The van der Waals surface area contributed by atoms with Crippen LogP contribution in [-0.4, -0.2) is 41.7 Å². The number of halogens is 3. The molecule has 0 saturated carbocycles. The van der Waals surface area contributed by atoms with E-state index in [1.54, 1.807) is 0 Å². The Hall–Kier alpha value is -2.20. The minimum absolute atomic E-state index is 0.0607. The van der Waals surface area contributed by atoms with Crippen molar-refractivity contribution in [2.75, 3.05) is 19.6 Å². The van der Waals surface area contributed by atoms with Crippen molar-refractivity contribution in [1.29, 1.82) is 0 Å². The maximum atomic E-state index is 12.6. The first-order valence-electron chi connectivity index (χ1n) is 6.72. The number of amides is 1. The van der Waals surface area contributed by atoms with Crippen LogP contribution >= 0.6 is 0 Å². The van der Waals surface area contributed by atoms with Gasteiger partial charge < -0.3 is 15.7 Å². The van der Waals surface area contributed by atoms with Gasteiger partial charge in [-0.25, -0.2) is 0 Å². The Morgan fingerprint density at radius 1 is 1.43 bits per heavy atom. The number of nitrogens with zero attached hydrogens (tertiary/aromatic N) is 1. The Morgan fingerprint density at radius 2 is 2.13 bits per heavy atom. The van der Waals surface area contributed by atoms with Crippen molar-refractivity contribution in [3.05, 3.63) is 39.4 Å². The van der Waals surface area contributed by atoms with Crippen molar-refractivity contribution in [3.8, 4) is 0 Å². The average Bonchev–Trinajstić information content (AvgIpc) is 2.88. The molecule has 1 saturated heterocycles. The smallest absolute Gasteiger partial charge is 0.391 e. The molecule has 0 bridgehead atoms. The minimum Gasteiger partial charge on any atom is -0.391 e. The number of nitrogens with one attached hydrogen (secondary N) is 2. The third-order valence-corrected chi connectivity index (χ3v) is 3.60. The molecular weight excluding hydrogens is 319 g/mol. The van der Waals surface area contributed by atoms with Crippen LogP contribution < -0.4 is 10.6 Å². The van der Waals surface area contributed by atoms with E-state index in [0.29, 0.717) is 25.2 Å². The van der Waals surface area contributed by atoms with Crippen molar-refractivity contribution in [2.24, 2.45) is 5.92 Å². The molecule has 1 heterocycles. The zero-order chi connectivity index (χ0) is 17.2. The number of nitro benzene ring substituents is 1. The molecule has 1 amide bonds. The lowest BCUT2D eigenvalue weighted by atomic mass is 10.1. The molecule has 1 fully saturated rings. The number of benzene rings is 1. The molecule has 0 aliphatic carbocycles. The highest BCUT2D eigenvalue weighted by Gasteiger charge is 2.34. The van der Waals surface area contributed by atoms with Crippen LogP contribution in [0.5, 0.6) is 0 Å². The van der Waals surface area contributed by atoms with Crippen LogP contribution in [0.25, 0.3) is 0 Å². The van der Waals surface area contributed by atoms with Gasteiger partial charge in [0.05, 0.1) is 16.6 Å². The second kappa shape index (κ2) is 6.50. The third-order valence-electron chi connectivity index (χ3n) is 3.60. The fraction of sp³-hybridized carbons (Fsp3) is 0.462. The summed E-state index contributed by atoms with van der Waals surface area (Å²) in [6, 6.07) is 1.73. The molecule has 126 valence electrons. The summed E-state index contributed by atoms with van der Waals surface area (Å²) in [4.78, 5) is 21.9. The zero-order valence-corrected chi connectivity index (χ0v) is 11.8. The Labute approximate surface area is 128 Å². The van der Waals surface area contributed by atoms with Gasteiger partial charge in [0.25, 0.3) is 11.6 Å². The number of nitro groups is 1. The molecular formula is C13H14F3N3O4. The summed E-state index contributed by atoms with van der Waals surface area (Å²) in [6.07, 6.45) is -5.39. The second-order valence-electron chi connectivity index (χ2n) is 5.18. The molecule has 0 aromatic heterocycles. The maximum absolute atomic E-state index is 12.6. The van der Waals surface area contributed by atoms with Gasteiger partial charge >= 0.3 is 6.18 Å². The Bertz CT molecular complexity index is 621. The summed E-state index contributed by atoms with van der Waals surface area (Å²) < 4.78 is 37.8. The third kappa shape index (κ3) is 3.96. The lowest BCUT2D eigenvalue weighted by Gasteiger charge is -2.14. The number of aliphatic hydroxyl groups is 1. The van der Waals surface area contributed by atoms with E-state index in [0.717, 1.165) is 6.07 Å². The Morgan fingerprint density at radius 3 is 2.65 bits per heavy atom. The van der Waals surface area contributed by atoms with Crippen molar-refractivity contribution < 1.29 is 28.0 Å². The van der Waals surface area contributed by atoms with Gasteiger partial charge in [-0.2, -0.15) is 13.2 Å². The van der Waals surface area contributed by atoms with Crippen molar-refractivity contribution in [3.63, 3.8) is 0 Å². The lowest BCUT2D eigenvalue weighted by Crippen LogP contribution is -2.34. The van der Waals surface area contributed by atoms with Crippen molar-refractivity contribution in [1.82, 2.24) is 10.6 Å². The van der Waals surface area contributed by atoms with E-state index in [-0.39, 0.29) is 12.5 Å². The summed E-state index contributed by atoms with van der Waals surface area (Å²) >= 11 is 0. The number of hydrogen-bond donors (Lipinski definition) is 3. The van der Waals surface area contributed by atoms with Crippen LogP contribution in [0.3, 0.4) is 0 Å². The van der Waals surface area contributed by atoms with Gasteiger partial charge in [0, 0.05) is 31.6 Å². The molecule has 3 N–H and O–H groups in total. The van der Waals surface area contributed by atoms with Gasteiger partial charge in [-0.15, -0.1) is 0 Å². The SMILES string of the molecule is O=C(NCC1CNCC1O)c1ccc(C(F)(F)F)cc1[N+](=O)[O-]. The highest BCUT2D eigenvalue weighted by atomic mass is 19.4. The standard InChI is InChI=1S/C13H14F3N3O4/c14-13(15,16)8-1-2-9(10(3-8)19(22)23)12(21)18-5-7-4-17-6-11(7)20/h1-3,7,11,17,20H,4-6H2,(H,18,21). The number of hydrogen-bond acceptors (Lipinski definition) is 5. The minimum atomic E-state index is -4.74. The number of aliphatic hydroxyl groups excluding tert-OH is 1. The summed E-state index contributed by atoms with van der Waals surface area (Å²) in [5, 5.41) is 25.8. The summed E-state index contributed by atoms with van der Waals surface area (Å²) in [5.41, 5.74) is -2.57. The van der Waals surface area contributed by atoms with Gasteiger partial charge in [-0.3, -0.25) is 14.9 Å². The predicted octanol–water partition coefficient (Wildman–Crippen LogP) is 0.924. The summed E-state index contributed by atoms with van der Waals surface area (Å²) in [7, 11) is 0. The quantitative estimate of drug-likeness (QED) is 0.561. The molecule has 1 aromatic rings. The molecule has 23 heavy (non-hydrogen) atoms. The van der Waals surface area contributed by atoms with Gasteiger partial charge in [0.15, 0.2) is 0 Å². The number of alkyl halides is 3. The van der Waals surface area contributed by atoms with Gasteiger partial charge in [-0.1, -0.05) is 0 Å². The second-order valence-corrected chi connectivity index (χ2v) is 5.18. The normalized spacial score (nSPS) is 21.2. The van der Waals surface area contributed by atoms with Crippen LogP contribution in [0.15, 0.2) is 18.2 Å². The fourth-order valence-electron chi connectivity index (χ4n) is 2.30. The molecule has 2 rings (SSSR count). The topological polar surface area (TPSA) is 104 Å². The van der Waals surface area contributed by atoms with E-state index in [2.05, 4.69) is 10.6 Å². The van der Waals surface area contributed by atoms with Crippen LogP contribution in [0.2, 0.25) is 0 Å². The number of β-amino-alcohol motifs (C(OH)–C–C–N with tert-alkyl or cyclic N) is 1. The molecule has 0 spiro atoms. The van der Waals surface area contributed by atoms with E-state index in [1.165, 1.54) is 0 Å². The van der Waals surface area contributed by atoms with Crippen LogP contribution in [0.4, 0.5) is 18.9 Å². The summed E-state index contributed by atoms with van der Waals surface area (Å²) in [6.45, 7) is 0.905. The molecule has 1 aromatic carbocycles. The summed E-state index contributed by atoms with van der Waals surface area (Å²) in [5.74, 6) is -1.11. The van der Waals surface area contributed by atoms with Gasteiger partial charge in [0.2, 0.25) is 0 Å². The van der Waals surface area contributed by atoms with Gasteiger partial charge in [0.1, 0.15) is 5.56 Å². The van der Waals surface area contributed by atoms with Gasteiger partial charge in [-0.05, 0) is 12.1 Å². The van der Waals surface area contributed by atoms with Crippen molar-refractivity contribution in [2.45, 2.75) is 12.3 Å². The molecule has 2 unspecified atom stereocenters. The first-order valence-corrected chi connectivity index (χ1v) is 6.72. The fourth-order valence-corrected chi connectivity index (χ4v) is 2.30. The molecule has 10 heteroatoms. The highest BCUT2D eigenvalue weighted by molar-refractivity contribution is 5.98. The molecule has 2 atom stereocenters. The maximum Gasteiger partial charge on any atom is 0.416 e. The van der Waals surface area contributed by atoms with Crippen LogP contribution in [0.1, 0.15) is 15.9 Å². The largest absolute Gasteiger partial charge is 0.416 e. The van der Waals surface area contributed by atoms with Crippen molar-refractivity contribution >= 4 is 11.6 Å². The van der Waals surface area contributed by atoms with Crippen LogP contribution in [0, 0.1) is 16.0 Å². The lowest BCUT2D eigenvalue weighted by molar-refractivity contribution is -0.385. The molecule has 7 nitrogen and oxygen atoms in total. The highest BCUT2D eigenvalue weighted by Crippen LogP contribution is 2.33. The van der Waals surface area contributed by atoms with E-state index < -0.39 is 39.9 Å².